The van der Waals surface area contributed by atoms with Gasteiger partial charge in [-0.25, -0.2) is 0 Å². The number of carbonyl (C=O) groups excluding carboxylic acids is 2. The molecule has 3 aromatic carbocycles. The zero-order chi connectivity index (χ0) is 21.1. The molecule has 4 rings (SSSR count). The van der Waals surface area contributed by atoms with Gasteiger partial charge in [0.05, 0.1) is 0 Å². The Kier molecular flexibility index (Phi) is 5.35. The van der Waals surface area contributed by atoms with Crippen molar-refractivity contribution in [2.75, 3.05) is 10.6 Å². The van der Waals surface area contributed by atoms with E-state index in [9.17, 15) is 9.59 Å². The number of para-hydroxylation sites is 1. The van der Waals surface area contributed by atoms with Crippen molar-refractivity contribution in [3.8, 4) is 0 Å². The quantitative estimate of drug-likeness (QED) is 0.469. The van der Waals surface area contributed by atoms with Crippen molar-refractivity contribution in [1.82, 2.24) is 4.57 Å². The molecule has 150 valence electrons. The van der Waals surface area contributed by atoms with Gasteiger partial charge in [-0.1, -0.05) is 35.9 Å². The highest BCUT2D eigenvalue weighted by molar-refractivity contribution is 6.08. The van der Waals surface area contributed by atoms with Crippen LogP contribution in [0.4, 0.5) is 11.4 Å². The molecular weight excluding hydrogens is 374 g/mol. The number of hydrogen-bond donors (Lipinski definition) is 2. The highest BCUT2D eigenvalue weighted by atomic mass is 16.2. The summed E-state index contributed by atoms with van der Waals surface area (Å²) in [4.78, 5) is 25.4. The van der Waals surface area contributed by atoms with Gasteiger partial charge >= 0.3 is 0 Å². The van der Waals surface area contributed by atoms with E-state index in [0.717, 1.165) is 22.2 Å². The lowest BCUT2D eigenvalue weighted by atomic mass is 10.1. The number of anilines is 2. The summed E-state index contributed by atoms with van der Waals surface area (Å²) in [6.45, 7) is 4.65. The zero-order valence-electron chi connectivity index (χ0n) is 17.0. The highest BCUT2D eigenvalue weighted by Gasteiger charge is 2.16. The summed E-state index contributed by atoms with van der Waals surface area (Å²) in [5.74, 6) is -0.323. The molecule has 0 saturated carbocycles. The number of fused-ring (bicyclic) bond motifs is 1. The molecular formula is C25H23N3O2. The van der Waals surface area contributed by atoms with Gasteiger partial charge in [0.2, 0.25) is 0 Å². The van der Waals surface area contributed by atoms with Crippen LogP contribution < -0.4 is 10.6 Å². The van der Waals surface area contributed by atoms with E-state index in [4.69, 9.17) is 0 Å². The molecule has 0 spiro atoms. The van der Waals surface area contributed by atoms with Crippen LogP contribution >= 0.6 is 0 Å². The zero-order valence-corrected chi connectivity index (χ0v) is 17.0. The van der Waals surface area contributed by atoms with Crippen LogP contribution in [-0.2, 0) is 6.54 Å². The minimum atomic E-state index is -0.163. The van der Waals surface area contributed by atoms with Crippen molar-refractivity contribution in [1.29, 1.82) is 0 Å². The second kappa shape index (κ2) is 8.25. The van der Waals surface area contributed by atoms with Crippen LogP contribution in [0.5, 0.6) is 0 Å². The van der Waals surface area contributed by atoms with Gasteiger partial charge in [-0.3, -0.25) is 9.59 Å². The summed E-state index contributed by atoms with van der Waals surface area (Å²) in [6, 6.07) is 24.4. The van der Waals surface area contributed by atoms with Crippen LogP contribution in [0.2, 0.25) is 0 Å². The number of hydrogen-bond acceptors (Lipinski definition) is 2. The third kappa shape index (κ3) is 3.96. The molecule has 5 heteroatoms. The largest absolute Gasteiger partial charge is 0.337 e. The Balaban J connectivity index is 1.60. The number of carbonyl (C=O) groups is 2. The number of amides is 2. The minimum absolute atomic E-state index is 0.161. The molecule has 0 radical (unpaired) electrons. The van der Waals surface area contributed by atoms with Crippen molar-refractivity contribution in [3.63, 3.8) is 0 Å². The SMILES string of the molecule is CCn1c(C(=O)Nc2ccccc2)cc2cc(NC(=O)c3ccc(C)cc3)ccc21. The maximum Gasteiger partial charge on any atom is 0.272 e. The van der Waals surface area contributed by atoms with E-state index in [-0.39, 0.29) is 11.8 Å². The molecule has 5 nitrogen and oxygen atoms in total. The summed E-state index contributed by atoms with van der Waals surface area (Å²) in [5.41, 5.74) is 4.69. The molecule has 0 bridgehead atoms. The average Bonchev–Trinajstić information content (AvgIpc) is 3.13. The molecule has 1 heterocycles. The Bertz CT molecular complexity index is 1210. The Morgan fingerprint density at radius 3 is 2.20 bits per heavy atom. The second-order valence-corrected chi connectivity index (χ2v) is 7.19. The first-order valence-electron chi connectivity index (χ1n) is 9.93. The molecule has 30 heavy (non-hydrogen) atoms. The van der Waals surface area contributed by atoms with Crippen LogP contribution in [0.25, 0.3) is 10.9 Å². The molecule has 0 unspecified atom stereocenters. The number of aryl methyl sites for hydroxylation is 2. The van der Waals surface area contributed by atoms with Gasteiger partial charge in [0.1, 0.15) is 5.69 Å². The highest BCUT2D eigenvalue weighted by Crippen LogP contribution is 2.25. The van der Waals surface area contributed by atoms with Crippen molar-refractivity contribution in [3.05, 3.63) is 95.7 Å². The van der Waals surface area contributed by atoms with E-state index < -0.39 is 0 Å². The van der Waals surface area contributed by atoms with Gasteiger partial charge in [-0.2, -0.15) is 0 Å². The van der Waals surface area contributed by atoms with Crippen molar-refractivity contribution >= 4 is 34.1 Å². The van der Waals surface area contributed by atoms with Crippen molar-refractivity contribution in [2.45, 2.75) is 20.4 Å². The lowest BCUT2D eigenvalue weighted by Crippen LogP contribution is -2.16. The van der Waals surface area contributed by atoms with Crippen LogP contribution in [-0.4, -0.2) is 16.4 Å². The van der Waals surface area contributed by atoms with E-state index >= 15 is 0 Å². The molecule has 0 aliphatic carbocycles. The number of benzene rings is 3. The summed E-state index contributed by atoms with van der Waals surface area (Å²) in [5, 5.41) is 6.77. The van der Waals surface area contributed by atoms with Gasteiger partial charge in [0, 0.05) is 34.4 Å². The monoisotopic (exact) mass is 397 g/mol. The standard InChI is InChI=1S/C25H23N3O2/c1-3-28-22-14-13-21(27-24(29)18-11-9-17(2)10-12-18)15-19(22)16-23(28)25(30)26-20-7-5-4-6-8-20/h4-16H,3H2,1-2H3,(H,26,30)(H,27,29). The third-order valence-corrected chi connectivity index (χ3v) is 5.05. The first-order chi connectivity index (χ1) is 14.5. The first-order valence-corrected chi connectivity index (χ1v) is 9.93. The number of nitrogens with one attached hydrogen (secondary N) is 2. The summed E-state index contributed by atoms with van der Waals surface area (Å²) < 4.78 is 1.97. The predicted molar refractivity (Wildman–Crippen MR) is 121 cm³/mol. The Labute approximate surface area is 175 Å². The second-order valence-electron chi connectivity index (χ2n) is 7.19. The average molecular weight is 397 g/mol. The molecule has 0 aliphatic rings. The minimum Gasteiger partial charge on any atom is -0.337 e. The number of aromatic nitrogens is 1. The van der Waals surface area contributed by atoms with E-state index in [0.29, 0.717) is 23.5 Å². The predicted octanol–water partition coefficient (Wildman–Crippen LogP) is 5.47. The maximum absolute atomic E-state index is 12.8. The van der Waals surface area contributed by atoms with Crippen LogP contribution in [0, 0.1) is 6.92 Å². The van der Waals surface area contributed by atoms with E-state index in [1.54, 1.807) is 0 Å². The van der Waals surface area contributed by atoms with Gasteiger partial charge in [-0.05, 0) is 62.4 Å². The first kappa shape index (κ1) is 19.5. The van der Waals surface area contributed by atoms with Crippen molar-refractivity contribution < 1.29 is 9.59 Å². The van der Waals surface area contributed by atoms with E-state index in [1.165, 1.54) is 0 Å². The van der Waals surface area contributed by atoms with Gasteiger partial charge in [-0.15, -0.1) is 0 Å². The Morgan fingerprint density at radius 2 is 1.50 bits per heavy atom. The molecule has 1 aromatic heterocycles. The van der Waals surface area contributed by atoms with Crippen LogP contribution in [0.3, 0.4) is 0 Å². The normalized spacial score (nSPS) is 10.7. The van der Waals surface area contributed by atoms with Crippen LogP contribution in [0.1, 0.15) is 33.3 Å². The third-order valence-electron chi connectivity index (χ3n) is 5.05. The van der Waals surface area contributed by atoms with Gasteiger partial charge in [0.25, 0.3) is 11.8 Å². The maximum atomic E-state index is 12.8. The molecule has 0 atom stereocenters. The van der Waals surface area contributed by atoms with Crippen molar-refractivity contribution in [2.24, 2.45) is 0 Å². The van der Waals surface area contributed by atoms with Crippen LogP contribution in [0.15, 0.2) is 78.9 Å². The number of nitrogens with zero attached hydrogens (tertiary/aromatic N) is 1. The van der Waals surface area contributed by atoms with E-state index in [2.05, 4.69) is 10.6 Å². The smallest absolute Gasteiger partial charge is 0.272 e. The number of rotatable bonds is 5. The Morgan fingerprint density at radius 1 is 0.800 bits per heavy atom. The summed E-state index contributed by atoms with van der Waals surface area (Å²) >= 11 is 0. The lowest BCUT2D eigenvalue weighted by molar-refractivity contribution is 0.101. The molecule has 4 aromatic rings. The van der Waals surface area contributed by atoms with E-state index in [1.807, 2.05) is 97.3 Å². The fraction of sp³-hybridized carbons (Fsp3) is 0.120. The molecule has 0 saturated heterocycles. The lowest BCUT2D eigenvalue weighted by Gasteiger charge is -2.09. The fourth-order valence-electron chi connectivity index (χ4n) is 3.50. The molecule has 0 aliphatic heterocycles. The van der Waals surface area contributed by atoms with Gasteiger partial charge < -0.3 is 15.2 Å². The topological polar surface area (TPSA) is 63.1 Å². The summed E-state index contributed by atoms with van der Waals surface area (Å²) in [6.07, 6.45) is 0. The Hall–Kier alpha value is -3.86. The summed E-state index contributed by atoms with van der Waals surface area (Å²) in [7, 11) is 0. The molecule has 2 amide bonds. The fourth-order valence-corrected chi connectivity index (χ4v) is 3.50. The molecule has 2 N–H and O–H groups in total. The van der Waals surface area contributed by atoms with Gasteiger partial charge in [0.15, 0.2) is 0 Å². The molecule has 0 fully saturated rings.